The predicted molar refractivity (Wildman–Crippen MR) is 316 cm³/mol. The maximum Gasteiger partial charge on any atom is 0.306 e. The maximum atomic E-state index is 12.9. The van der Waals surface area contributed by atoms with Crippen molar-refractivity contribution in [2.75, 3.05) is 13.2 Å². The van der Waals surface area contributed by atoms with E-state index in [2.05, 4.69) is 106 Å². The first-order valence-corrected chi connectivity index (χ1v) is 31.1. The molecule has 0 N–H and O–H groups in total. The van der Waals surface area contributed by atoms with Gasteiger partial charge in [0.2, 0.25) is 0 Å². The van der Waals surface area contributed by atoms with Crippen LogP contribution in [0.5, 0.6) is 0 Å². The van der Waals surface area contributed by atoms with Crippen LogP contribution in [0.4, 0.5) is 0 Å². The van der Waals surface area contributed by atoms with Crippen LogP contribution in [0, 0.1) is 0 Å². The lowest BCUT2D eigenvalue weighted by molar-refractivity contribution is -0.167. The molecule has 0 aromatic rings. The molecule has 0 bridgehead atoms. The lowest BCUT2D eigenvalue weighted by Gasteiger charge is -2.18. The largest absolute Gasteiger partial charge is 0.462 e. The third kappa shape index (κ3) is 59.3. The molecule has 0 amide bonds. The Morgan fingerprint density at radius 2 is 0.493 bits per heavy atom. The molecule has 0 fully saturated rings. The van der Waals surface area contributed by atoms with Gasteiger partial charge in [0.1, 0.15) is 13.2 Å². The summed E-state index contributed by atoms with van der Waals surface area (Å²) in [5.41, 5.74) is 0. The Kier molecular flexibility index (Phi) is 58.3. The molecule has 0 unspecified atom stereocenters. The lowest BCUT2D eigenvalue weighted by atomic mass is 10.1. The minimum absolute atomic E-state index is 0.0886. The first kappa shape index (κ1) is 69.6. The summed E-state index contributed by atoms with van der Waals surface area (Å²) in [6.45, 7) is 6.56. The molecule has 420 valence electrons. The fraction of sp³-hybridized carbons (Fsp3) is 0.746. The van der Waals surface area contributed by atoms with Crippen molar-refractivity contribution in [1.82, 2.24) is 0 Å². The summed E-state index contributed by atoms with van der Waals surface area (Å²) in [5, 5.41) is 0. The topological polar surface area (TPSA) is 78.9 Å². The van der Waals surface area contributed by atoms with E-state index in [-0.39, 0.29) is 31.1 Å². The number of unbranched alkanes of at least 4 members (excludes halogenated alkanes) is 31. The third-order valence-corrected chi connectivity index (χ3v) is 13.3. The maximum absolute atomic E-state index is 12.9. The standard InChI is InChI=1S/C67H116O6/c1-4-7-10-13-16-19-22-25-28-31-33-36-38-41-44-47-50-53-56-59-65(68)71-62-64(73-67(70)61-58-55-52-49-46-43-40-35-30-27-24-21-18-15-12-9-6-3)63-72-66(69)60-57-54-51-48-45-42-39-37-34-32-29-26-23-20-17-14-11-8-5-2/h16-21,25-30,40,43,64H,4-15,22-24,31-39,41-42,44-63H2,1-3H3/b19-16-,20-17-,21-18-,28-25-,29-26-,30-27-,43-40-. The SMILES string of the molecule is CCCCC/C=C\C/C=C\C/C=C\CCCCCCC(=O)OC(COC(=O)CCCCCCCCCCC/C=C\C/C=C\CCCCC)COC(=O)CCCCCCCCCCC/C=C\C/C=C\CCCCC. The van der Waals surface area contributed by atoms with Gasteiger partial charge in [-0.3, -0.25) is 14.4 Å². The van der Waals surface area contributed by atoms with Gasteiger partial charge in [-0.05, 0) is 122 Å². The molecule has 0 aliphatic carbocycles. The number of carbonyl (C=O) groups is 3. The second kappa shape index (κ2) is 61.1. The van der Waals surface area contributed by atoms with Gasteiger partial charge in [0.15, 0.2) is 6.10 Å². The molecule has 0 aromatic carbocycles. The number of hydrogen-bond donors (Lipinski definition) is 0. The summed E-state index contributed by atoms with van der Waals surface area (Å²) in [5.74, 6) is -0.908. The third-order valence-electron chi connectivity index (χ3n) is 13.3. The molecule has 73 heavy (non-hydrogen) atoms. The van der Waals surface area contributed by atoms with Crippen molar-refractivity contribution < 1.29 is 28.6 Å². The fourth-order valence-electron chi connectivity index (χ4n) is 8.63. The van der Waals surface area contributed by atoms with Crippen molar-refractivity contribution in [2.45, 2.75) is 309 Å². The average Bonchev–Trinajstić information content (AvgIpc) is 3.39. The van der Waals surface area contributed by atoms with Crippen LogP contribution < -0.4 is 0 Å². The van der Waals surface area contributed by atoms with E-state index in [1.165, 1.54) is 167 Å². The van der Waals surface area contributed by atoms with Gasteiger partial charge in [-0.15, -0.1) is 0 Å². The van der Waals surface area contributed by atoms with Gasteiger partial charge < -0.3 is 14.2 Å². The molecule has 0 heterocycles. The zero-order valence-corrected chi connectivity index (χ0v) is 48.1. The highest BCUT2D eigenvalue weighted by molar-refractivity contribution is 5.71. The highest BCUT2D eigenvalue weighted by Crippen LogP contribution is 2.15. The molecule has 6 heteroatoms. The molecule has 0 spiro atoms. The van der Waals surface area contributed by atoms with E-state index >= 15 is 0 Å². The summed E-state index contributed by atoms with van der Waals surface area (Å²) >= 11 is 0. The summed E-state index contributed by atoms with van der Waals surface area (Å²) < 4.78 is 16.9. The van der Waals surface area contributed by atoms with Crippen molar-refractivity contribution in [3.63, 3.8) is 0 Å². The number of hydrogen-bond acceptors (Lipinski definition) is 6. The normalized spacial score (nSPS) is 12.3. The Morgan fingerprint density at radius 3 is 0.767 bits per heavy atom. The quantitative estimate of drug-likeness (QED) is 0.0261. The van der Waals surface area contributed by atoms with Crippen LogP contribution in [-0.4, -0.2) is 37.2 Å². The molecular formula is C67H116O6. The Morgan fingerprint density at radius 1 is 0.274 bits per heavy atom. The number of rotatable bonds is 56. The molecule has 0 aromatic heterocycles. The number of carbonyl (C=O) groups excluding carboxylic acids is 3. The van der Waals surface area contributed by atoms with Crippen LogP contribution in [-0.2, 0) is 28.6 Å². The number of allylic oxidation sites excluding steroid dienone is 14. The predicted octanol–water partition coefficient (Wildman–Crippen LogP) is 21.1. The van der Waals surface area contributed by atoms with Crippen LogP contribution in [0.1, 0.15) is 303 Å². The second-order valence-corrected chi connectivity index (χ2v) is 20.6. The molecule has 0 atom stereocenters. The van der Waals surface area contributed by atoms with Crippen LogP contribution in [0.15, 0.2) is 85.1 Å². The van der Waals surface area contributed by atoms with Crippen molar-refractivity contribution in [2.24, 2.45) is 0 Å². The van der Waals surface area contributed by atoms with Gasteiger partial charge in [0.25, 0.3) is 0 Å². The average molecular weight is 1020 g/mol. The highest BCUT2D eigenvalue weighted by Gasteiger charge is 2.19. The van der Waals surface area contributed by atoms with E-state index < -0.39 is 6.10 Å². The van der Waals surface area contributed by atoms with E-state index in [1.54, 1.807) is 0 Å². The van der Waals surface area contributed by atoms with E-state index in [0.29, 0.717) is 19.3 Å². The summed E-state index contributed by atoms with van der Waals surface area (Å²) in [6, 6.07) is 0. The smallest absolute Gasteiger partial charge is 0.306 e. The second-order valence-electron chi connectivity index (χ2n) is 20.6. The molecule has 0 aliphatic rings. The van der Waals surface area contributed by atoms with Crippen molar-refractivity contribution >= 4 is 17.9 Å². The lowest BCUT2D eigenvalue weighted by Crippen LogP contribution is -2.30. The van der Waals surface area contributed by atoms with Crippen molar-refractivity contribution in [1.29, 1.82) is 0 Å². The minimum Gasteiger partial charge on any atom is -0.462 e. The summed E-state index contributed by atoms with van der Waals surface area (Å²) in [7, 11) is 0. The van der Waals surface area contributed by atoms with E-state index in [1.807, 2.05) is 0 Å². The Hall–Kier alpha value is -3.41. The van der Waals surface area contributed by atoms with Gasteiger partial charge >= 0.3 is 17.9 Å². The molecule has 0 saturated carbocycles. The number of esters is 3. The molecule has 6 nitrogen and oxygen atoms in total. The van der Waals surface area contributed by atoms with E-state index in [9.17, 15) is 14.4 Å². The van der Waals surface area contributed by atoms with E-state index in [0.717, 1.165) is 96.3 Å². The van der Waals surface area contributed by atoms with Crippen molar-refractivity contribution in [3.05, 3.63) is 85.1 Å². The summed E-state index contributed by atoms with van der Waals surface area (Å²) in [6.07, 6.45) is 80.0. The van der Waals surface area contributed by atoms with Gasteiger partial charge in [0, 0.05) is 19.3 Å². The first-order valence-electron chi connectivity index (χ1n) is 31.1. The van der Waals surface area contributed by atoms with Gasteiger partial charge in [-0.2, -0.15) is 0 Å². The van der Waals surface area contributed by atoms with Crippen LogP contribution >= 0.6 is 0 Å². The molecule has 0 radical (unpaired) electrons. The Bertz CT molecular complexity index is 1330. The molecule has 0 rings (SSSR count). The zero-order chi connectivity index (χ0) is 52.9. The van der Waals surface area contributed by atoms with Gasteiger partial charge in [0.05, 0.1) is 0 Å². The van der Waals surface area contributed by atoms with Crippen LogP contribution in [0.3, 0.4) is 0 Å². The van der Waals surface area contributed by atoms with E-state index in [4.69, 9.17) is 14.2 Å². The molecule has 0 saturated heterocycles. The summed E-state index contributed by atoms with van der Waals surface area (Å²) in [4.78, 5) is 38.3. The molecule has 0 aliphatic heterocycles. The van der Waals surface area contributed by atoms with Crippen LogP contribution in [0.2, 0.25) is 0 Å². The van der Waals surface area contributed by atoms with Gasteiger partial charge in [-0.25, -0.2) is 0 Å². The van der Waals surface area contributed by atoms with Crippen molar-refractivity contribution in [3.8, 4) is 0 Å². The monoisotopic (exact) mass is 1020 g/mol. The minimum atomic E-state index is -0.794. The molecular weight excluding hydrogens is 901 g/mol. The van der Waals surface area contributed by atoms with Crippen LogP contribution in [0.25, 0.3) is 0 Å². The fourth-order valence-corrected chi connectivity index (χ4v) is 8.63. The number of ether oxygens (including phenoxy) is 3. The Balaban J connectivity index is 4.42. The first-order chi connectivity index (χ1) is 36.0. The Labute approximate surface area is 452 Å². The highest BCUT2D eigenvalue weighted by atomic mass is 16.6. The van der Waals surface area contributed by atoms with Gasteiger partial charge in [-0.1, -0.05) is 247 Å². The zero-order valence-electron chi connectivity index (χ0n) is 48.1.